The molecule has 3 N–H and O–H groups in total. The van der Waals surface area contributed by atoms with Gasteiger partial charge in [0.25, 0.3) is 0 Å². The Hall–Kier alpha value is -3.55. The lowest BCUT2D eigenvalue weighted by Crippen LogP contribution is -2.55. The minimum atomic E-state index is -5.08. The molecular weight excluding hydrogens is 528 g/mol. The Labute approximate surface area is 220 Å². The van der Waals surface area contributed by atoms with E-state index in [9.17, 15) is 41.5 Å². The molecule has 2 saturated heterocycles. The quantitative estimate of drug-likeness (QED) is 0.328. The third-order valence-electron chi connectivity index (χ3n) is 7.50. The van der Waals surface area contributed by atoms with Crippen LogP contribution in [0.2, 0.25) is 0 Å². The number of alkyl halides is 3. The van der Waals surface area contributed by atoms with Gasteiger partial charge in [-0.15, -0.1) is 13.2 Å². The summed E-state index contributed by atoms with van der Waals surface area (Å²) in [6.45, 7) is -0.969. The van der Waals surface area contributed by atoms with E-state index in [1.165, 1.54) is 18.2 Å². The van der Waals surface area contributed by atoms with Gasteiger partial charge >= 0.3 is 18.2 Å². The minimum absolute atomic E-state index is 0.0765. The van der Waals surface area contributed by atoms with E-state index in [1.807, 2.05) is 0 Å². The fraction of sp³-hybridized carbons (Fsp3) is 0.560. The van der Waals surface area contributed by atoms with Gasteiger partial charge in [0.2, 0.25) is 11.8 Å². The summed E-state index contributed by atoms with van der Waals surface area (Å²) in [4.78, 5) is 65.1. The average molecular weight is 557 g/mol. The van der Waals surface area contributed by atoms with Crippen molar-refractivity contribution < 1.29 is 46.3 Å². The van der Waals surface area contributed by atoms with Gasteiger partial charge < -0.3 is 20.9 Å². The Kier molecular flexibility index (Phi) is 8.52. The van der Waals surface area contributed by atoms with Gasteiger partial charge in [-0.1, -0.05) is 18.6 Å². The van der Waals surface area contributed by atoms with Gasteiger partial charge in [-0.2, -0.15) is 0 Å². The predicted octanol–water partition coefficient (Wildman–Crippen LogP) is 1.51. The van der Waals surface area contributed by atoms with E-state index in [-0.39, 0.29) is 30.5 Å². The third kappa shape index (κ3) is 6.72. The molecule has 1 aromatic rings. The number of Topliss-reactive ketones (excluding diaryl/α,β-unsaturated/α-hetero) is 1. The molecule has 1 aliphatic carbocycles. The number of hydrogen-bond donors (Lipinski definition) is 3. The van der Waals surface area contributed by atoms with Crippen molar-refractivity contribution in [2.24, 2.45) is 17.8 Å². The third-order valence-corrected chi connectivity index (χ3v) is 7.50. The maximum Gasteiger partial charge on any atom is 0.522 e. The number of halogens is 4. The van der Waals surface area contributed by atoms with Crippen LogP contribution in [0.1, 0.15) is 32.1 Å². The number of anilines is 1. The molecule has 0 radical (unpaired) electrons. The van der Waals surface area contributed by atoms with Crippen molar-refractivity contribution in [2.75, 3.05) is 25.0 Å². The Morgan fingerprint density at radius 1 is 1.13 bits per heavy atom. The van der Waals surface area contributed by atoms with Crippen LogP contribution in [0.15, 0.2) is 24.3 Å². The Morgan fingerprint density at radius 3 is 2.54 bits per heavy atom. The van der Waals surface area contributed by atoms with E-state index in [2.05, 4.69) is 20.7 Å². The van der Waals surface area contributed by atoms with Gasteiger partial charge in [-0.3, -0.25) is 28.7 Å². The summed E-state index contributed by atoms with van der Waals surface area (Å²) in [7, 11) is 0. The minimum Gasteiger partial charge on any atom is -0.356 e. The molecule has 5 atom stereocenters. The number of ether oxygens (including phenoxy) is 1. The molecular formula is C25H28F4N4O6. The largest absolute Gasteiger partial charge is 0.522 e. The number of benzene rings is 1. The van der Waals surface area contributed by atoms with Crippen LogP contribution < -0.4 is 16.0 Å². The molecule has 2 heterocycles. The van der Waals surface area contributed by atoms with Crippen LogP contribution in [0.3, 0.4) is 0 Å². The molecule has 1 saturated carbocycles. The Morgan fingerprint density at radius 2 is 1.87 bits per heavy atom. The van der Waals surface area contributed by atoms with E-state index in [0.717, 1.165) is 17.4 Å². The molecule has 212 valence electrons. The lowest BCUT2D eigenvalue weighted by Gasteiger charge is -2.29. The zero-order chi connectivity index (χ0) is 28.3. The monoisotopic (exact) mass is 556 g/mol. The maximum absolute atomic E-state index is 14.0. The van der Waals surface area contributed by atoms with Crippen molar-refractivity contribution in [1.82, 2.24) is 15.5 Å². The van der Waals surface area contributed by atoms with E-state index >= 15 is 0 Å². The summed E-state index contributed by atoms with van der Waals surface area (Å²) in [5, 5.41) is 7.20. The molecule has 4 amide bonds. The highest BCUT2D eigenvalue weighted by Crippen LogP contribution is 2.42. The molecule has 3 fully saturated rings. The highest BCUT2D eigenvalue weighted by molar-refractivity contribution is 6.40. The molecule has 2 aliphatic heterocycles. The fourth-order valence-corrected chi connectivity index (χ4v) is 5.66. The Bertz CT molecular complexity index is 1150. The van der Waals surface area contributed by atoms with Crippen LogP contribution in [0, 0.1) is 23.6 Å². The normalized spacial score (nSPS) is 25.1. The molecule has 14 heteroatoms. The molecule has 0 aromatic heterocycles. The smallest absolute Gasteiger partial charge is 0.356 e. The summed E-state index contributed by atoms with van der Waals surface area (Å²) < 4.78 is 55.3. The molecule has 0 bridgehead atoms. The topological polar surface area (TPSA) is 134 Å². The number of fused-ring (bicyclic) bond motifs is 1. The average Bonchev–Trinajstić information content (AvgIpc) is 3.58. The predicted molar refractivity (Wildman–Crippen MR) is 126 cm³/mol. The van der Waals surface area contributed by atoms with E-state index in [0.29, 0.717) is 25.8 Å². The molecule has 4 rings (SSSR count). The summed E-state index contributed by atoms with van der Waals surface area (Å²) in [5.74, 6) is -6.45. The summed E-state index contributed by atoms with van der Waals surface area (Å²) in [5.41, 5.74) is -0.221. The first kappa shape index (κ1) is 28.5. The molecule has 39 heavy (non-hydrogen) atoms. The zero-order valence-electron chi connectivity index (χ0n) is 20.8. The van der Waals surface area contributed by atoms with Crippen molar-refractivity contribution in [3.8, 4) is 0 Å². The Balaban J connectivity index is 1.51. The van der Waals surface area contributed by atoms with Crippen molar-refractivity contribution in [3.05, 3.63) is 30.1 Å². The van der Waals surface area contributed by atoms with Crippen LogP contribution >= 0.6 is 0 Å². The second-order valence-electron chi connectivity index (χ2n) is 9.97. The first-order chi connectivity index (χ1) is 18.4. The number of carbonyl (C=O) groups is 5. The number of hydrogen-bond acceptors (Lipinski definition) is 6. The molecule has 0 spiro atoms. The fourth-order valence-electron chi connectivity index (χ4n) is 5.66. The van der Waals surface area contributed by atoms with Crippen LogP contribution in [0.5, 0.6) is 0 Å². The van der Waals surface area contributed by atoms with E-state index in [4.69, 9.17) is 0 Å². The number of amides is 4. The maximum atomic E-state index is 14.0. The number of carbonyl (C=O) groups excluding carboxylic acids is 5. The number of para-hydroxylation sites is 1. The number of likely N-dealkylation sites (tertiary alicyclic amines) is 1. The highest BCUT2D eigenvalue weighted by Gasteiger charge is 2.51. The lowest BCUT2D eigenvalue weighted by molar-refractivity contribution is -0.321. The standard InChI is InChI=1S/C25H28F4N4O6/c26-16-6-1-2-7-17(16)31-23(37)24(38)33-11-14-4-3-5-15(14)20(33)22(36)32-18(10-13-8-9-30-21(13)35)19(34)12-39-25(27,28)29/h1-2,6-7,13-15,18,20H,3-5,8-12H2,(H,30,35)(H,31,37)(H,32,36)/t13-,14-,15-,18?,20-/m0/s1. The number of nitrogens with one attached hydrogen (secondary N) is 3. The zero-order valence-corrected chi connectivity index (χ0v) is 20.8. The van der Waals surface area contributed by atoms with Crippen LogP contribution in [-0.2, 0) is 28.7 Å². The SMILES string of the molecule is O=C(Nc1ccccc1F)C(=O)N1C[C@@H]2CCC[C@@H]2[C@H]1C(=O)NC(C[C@@H]1CCNC1=O)C(=O)COC(F)(F)F. The van der Waals surface area contributed by atoms with Gasteiger partial charge in [0.1, 0.15) is 18.5 Å². The van der Waals surface area contributed by atoms with Crippen molar-refractivity contribution in [2.45, 2.75) is 50.6 Å². The molecule has 3 aliphatic rings. The second-order valence-corrected chi connectivity index (χ2v) is 9.97. The van der Waals surface area contributed by atoms with E-state index < -0.39 is 66.2 Å². The van der Waals surface area contributed by atoms with Gasteiger partial charge in [-0.25, -0.2) is 4.39 Å². The van der Waals surface area contributed by atoms with Gasteiger partial charge in [0.05, 0.1) is 11.7 Å². The van der Waals surface area contributed by atoms with Crippen molar-refractivity contribution in [3.63, 3.8) is 0 Å². The molecule has 1 aromatic carbocycles. The number of rotatable bonds is 8. The first-order valence-corrected chi connectivity index (χ1v) is 12.6. The van der Waals surface area contributed by atoms with Crippen LogP contribution in [0.25, 0.3) is 0 Å². The summed E-state index contributed by atoms with van der Waals surface area (Å²) in [6.07, 6.45) is -2.98. The number of nitrogens with zero attached hydrogens (tertiary/aromatic N) is 1. The van der Waals surface area contributed by atoms with Crippen LogP contribution in [0.4, 0.5) is 23.2 Å². The van der Waals surface area contributed by atoms with Crippen LogP contribution in [-0.4, -0.2) is 72.5 Å². The van der Waals surface area contributed by atoms with Crippen molar-refractivity contribution >= 4 is 35.1 Å². The lowest BCUT2D eigenvalue weighted by atomic mass is 9.92. The van der Waals surface area contributed by atoms with E-state index in [1.54, 1.807) is 0 Å². The molecule has 10 nitrogen and oxygen atoms in total. The van der Waals surface area contributed by atoms with Gasteiger partial charge in [-0.05, 0) is 49.7 Å². The van der Waals surface area contributed by atoms with Crippen molar-refractivity contribution in [1.29, 1.82) is 0 Å². The summed E-state index contributed by atoms with van der Waals surface area (Å²) >= 11 is 0. The molecule has 1 unspecified atom stereocenters. The summed E-state index contributed by atoms with van der Waals surface area (Å²) in [6, 6.07) is 2.57. The van der Waals surface area contributed by atoms with Gasteiger partial charge in [0, 0.05) is 19.0 Å². The van der Waals surface area contributed by atoms with Gasteiger partial charge in [0.15, 0.2) is 5.78 Å². The number of ketones is 1. The highest BCUT2D eigenvalue weighted by atomic mass is 19.4. The first-order valence-electron chi connectivity index (χ1n) is 12.6. The second kappa shape index (κ2) is 11.7.